The van der Waals surface area contributed by atoms with Gasteiger partial charge < -0.3 is 15.4 Å². The molecule has 0 saturated carbocycles. The van der Waals surface area contributed by atoms with Crippen molar-refractivity contribution in [1.82, 2.24) is 10.3 Å². The molecule has 0 bridgehead atoms. The fourth-order valence-corrected chi connectivity index (χ4v) is 4.31. The lowest BCUT2D eigenvalue weighted by Crippen LogP contribution is -2.42. The molecule has 9 heteroatoms. The second kappa shape index (κ2) is 12.2. The standard InChI is InChI=1S/C24H25N3O4S2/c1-31-24(30)20(10-12-32-2)27-23(29)18-9-8-17(14-19(18)16-6-4-3-5-7-16)26-21(28)15-22-25-11-13-33-22/h3-9,11,13-14,20H,10,12,15H2,1-2H3,(H,26,28)(H,27,29)/t20-/m0/s1. The second-order valence-electron chi connectivity index (χ2n) is 7.11. The number of amides is 2. The molecule has 3 rings (SSSR count). The number of carbonyl (C=O) groups is 3. The summed E-state index contributed by atoms with van der Waals surface area (Å²) >= 11 is 3.01. The number of nitrogens with one attached hydrogen (secondary N) is 2. The van der Waals surface area contributed by atoms with Crippen LogP contribution >= 0.6 is 23.1 Å². The molecule has 0 aliphatic carbocycles. The first-order valence-electron chi connectivity index (χ1n) is 10.3. The van der Waals surface area contributed by atoms with Gasteiger partial charge in [0.05, 0.1) is 13.5 Å². The highest BCUT2D eigenvalue weighted by atomic mass is 32.2. The number of nitrogens with zero attached hydrogens (tertiary/aromatic N) is 1. The normalized spacial score (nSPS) is 11.5. The number of benzene rings is 2. The van der Waals surface area contributed by atoms with Gasteiger partial charge in [-0.3, -0.25) is 9.59 Å². The third-order valence-electron chi connectivity index (χ3n) is 4.83. The molecule has 0 aliphatic rings. The van der Waals surface area contributed by atoms with Crippen LogP contribution in [0.4, 0.5) is 5.69 Å². The number of rotatable bonds is 10. The molecule has 0 aliphatic heterocycles. The van der Waals surface area contributed by atoms with Crippen molar-refractivity contribution < 1.29 is 19.1 Å². The van der Waals surface area contributed by atoms with E-state index in [1.807, 2.05) is 42.0 Å². The van der Waals surface area contributed by atoms with Gasteiger partial charge in [-0.25, -0.2) is 9.78 Å². The molecule has 0 radical (unpaired) electrons. The molecule has 1 atom stereocenters. The van der Waals surface area contributed by atoms with Crippen LogP contribution < -0.4 is 10.6 Å². The smallest absolute Gasteiger partial charge is 0.328 e. The predicted molar refractivity (Wildman–Crippen MR) is 133 cm³/mol. The molecule has 1 aromatic heterocycles. The van der Waals surface area contributed by atoms with Gasteiger partial charge in [-0.15, -0.1) is 11.3 Å². The number of hydrogen-bond acceptors (Lipinski definition) is 7. The fourth-order valence-electron chi connectivity index (χ4n) is 3.22. The lowest BCUT2D eigenvalue weighted by Gasteiger charge is -2.18. The number of carbonyl (C=O) groups excluding carboxylic acids is 3. The van der Waals surface area contributed by atoms with Gasteiger partial charge in [0.25, 0.3) is 5.91 Å². The number of thiazole rings is 1. The van der Waals surface area contributed by atoms with Crippen LogP contribution in [0.3, 0.4) is 0 Å². The number of esters is 1. The number of anilines is 1. The first kappa shape index (κ1) is 24.5. The summed E-state index contributed by atoms with van der Waals surface area (Å²) in [4.78, 5) is 41.9. The van der Waals surface area contributed by atoms with Crippen LogP contribution in [-0.4, -0.2) is 47.9 Å². The van der Waals surface area contributed by atoms with E-state index in [0.29, 0.717) is 29.0 Å². The van der Waals surface area contributed by atoms with Crippen LogP contribution in [0.5, 0.6) is 0 Å². The Bertz CT molecular complexity index is 1090. The Kier molecular flexibility index (Phi) is 9.03. The highest BCUT2D eigenvalue weighted by Crippen LogP contribution is 2.27. The van der Waals surface area contributed by atoms with E-state index in [0.717, 1.165) is 10.6 Å². The number of methoxy groups -OCH3 is 1. The SMILES string of the molecule is COC(=O)[C@H](CCSC)NC(=O)c1ccc(NC(=O)Cc2nccs2)cc1-c1ccccc1. The van der Waals surface area contributed by atoms with Gasteiger partial charge in [0, 0.05) is 22.8 Å². The van der Waals surface area contributed by atoms with E-state index >= 15 is 0 Å². The summed E-state index contributed by atoms with van der Waals surface area (Å²) in [6, 6.07) is 13.8. The van der Waals surface area contributed by atoms with E-state index < -0.39 is 12.0 Å². The Labute approximate surface area is 201 Å². The second-order valence-corrected chi connectivity index (χ2v) is 9.07. The first-order valence-corrected chi connectivity index (χ1v) is 12.5. The van der Waals surface area contributed by atoms with E-state index in [2.05, 4.69) is 15.6 Å². The Balaban J connectivity index is 1.86. The van der Waals surface area contributed by atoms with Crippen LogP contribution in [-0.2, 0) is 20.7 Å². The average Bonchev–Trinajstić information content (AvgIpc) is 3.34. The molecule has 0 spiro atoms. The summed E-state index contributed by atoms with van der Waals surface area (Å²) in [5, 5.41) is 8.22. The van der Waals surface area contributed by atoms with Crippen molar-refractivity contribution in [3.05, 3.63) is 70.7 Å². The summed E-state index contributed by atoms with van der Waals surface area (Å²) in [7, 11) is 1.30. The third-order valence-corrected chi connectivity index (χ3v) is 6.25. The molecule has 0 saturated heterocycles. The van der Waals surface area contributed by atoms with Crippen molar-refractivity contribution in [1.29, 1.82) is 0 Å². The van der Waals surface area contributed by atoms with Crippen molar-refractivity contribution >= 4 is 46.6 Å². The number of hydrogen-bond donors (Lipinski definition) is 2. The molecule has 172 valence electrons. The van der Waals surface area contributed by atoms with E-state index in [9.17, 15) is 14.4 Å². The summed E-state index contributed by atoms with van der Waals surface area (Å²) in [5.41, 5.74) is 2.43. The van der Waals surface area contributed by atoms with Crippen molar-refractivity contribution in [3.8, 4) is 11.1 Å². The lowest BCUT2D eigenvalue weighted by molar-refractivity contribution is -0.142. The maximum Gasteiger partial charge on any atom is 0.328 e. The quantitative estimate of drug-likeness (QED) is 0.423. The van der Waals surface area contributed by atoms with Crippen LogP contribution in [0.2, 0.25) is 0 Å². The van der Waals surface area contributed by atoms with Crippen LogP contribution in [0.15, 0.2) is 60.1 Å². The Morgan fingerprint density at radius 3 is 2.61 bits per heavy atom. The lowest BCUT2D eigenvalue weighted by atomic mass is 9.98. The van der Waals surface area contributed by atoms with Crippen molar-refractivity contribution in [2.24, 2.45) is 0 Å². The van der Waals surface area contributed by atoms with Crippen LogP contribution in [0.25, 0.3) is 11.1 Å². The van der Waals surface area contributed by atoms with Gasteiger partial charge in [-0.1, -0.05) is 30.3 Å². The minimum atomic E-state index is -0.740. The molecular weight excluding hydrogens is 458 g/mol. The van der Waals surface area contributed by atoms with Gasteiger partial charge in [0.1, 0.15) is 11.0 Å². The zero-order valence-corrected chi connectivity index (χ0v) is 20.0. The molecule has 2 aromatic carbocycles. The third kappa shape index (κ3) is 6.90. The van der Waals surface area contributed by atoms with E-state index in [1.54, 1.807) is 36.2 Å². The van der Waals surface area contributed by atoms with E-state index in [4.69, 9.17) is 4.74 Å². The Morgan fingerprint density at radius 2 is 1.94 bits per heavy atom. The van der Waals surface area contributed by atoms with Gasteiger partial charge in [-0.05, 0) is 47.8 Å². The first-order chi connectivity index (χ1) is 16.0. The van der Waals surface area contributed by atoms with E-state index in [-0.39, 0.29) is 18.2 Å². The largest absolute Gasteiger partial charge is 0.467 e. The molecule has 7 nitrogen and oxygen atoms in total. The molecule has 33 heavy (non-hydrogen) atoms. The highest BCUT2D eigenvalue weighted by molar-refractivity contribution is 7.98. The van der Waals surface area contributed by atoms with Crippen LogP contribution in [0, 0.1) is 0 Å². The molecule has 0 fully saturated rings. The highest BCUT2D eigenvalue weighted by Gasteiger charge is 2.23. The predicted octanol–water partition coefficient (Wildman–Crippen LogP) is 4.02. The zero-order valence-electron chi connectivity index (χ0n) is 18.4. The number of aromatic nitrogens is 1. The molecule has 1 heterocycles. The van der Waals surface area contributed by atoms with Gasteiger partial charge >= 0.3 is 5.97 Å². The van der Waals surface area contributed by atoms with Crippen molar-refractivity contribution in [3.63, 3.8) is 0 Å². The number of thioether (sulfide) groups is 1. The molecule has 2 amide bonds. The molecular formula is C24H25N3O4S2. The molecule has 2 N–H and O–H groups in total. The van der Waals surface area contributed by atoms with Crippen molar-refractivity contribution in [2.45, 2.75) is 18.9 Å². The Morgan fingerprint density at radius 1 is 1.15 bits per heavy atom. The summed E-state index contributed by atoms with van der Waals surface area (Å²) in [6.07, 6.45) is 4.24. The average molecular weight is 484 g/mol. The zero-order chi connectivity index (χ0) is 23.6. The minimum Gasteiger partial charge on any atom is -0.467 e. The summed E-state index contributed by atoms with van der Waals surface area (Å²) < 4.78 is 4.85. The summed E-state index contributed by atoms with van der Waals surface area (Å²) in [6.45, 7) is 0. The monoisotopic (exact) mass is 483 g/mol. The fraction of sp³-hybridized carbons (Fsp3) is 0.250. The van der Waals surface area contributed by atoms with Gasteiger partial charge in [0.2, 0.25) is 5.91 Å². The topological polar surface area (TPSA) is 97.4 Å². The number of ether oxygens (including phenoxy) is 1. The van der Waals surface area contributed by atoms with Gasteiger partial charge in [0.15, 0.2) is 0 Å². The minimum absolute atomic E-state index is 0.177. The maximum atomic E-state index is 13.2. The van der Waals surface area contributed by atoms with E-state index in [1.165, 1.54) is 18.4 Å². The van der Waals surface area contributed by atoms with Gasteiger partial charge in [-0.2, -0.15) is 11.8 Å². The maximum absolute atomic E-state index is 13.2. The van der Waals surface area contributed by atoms with Crippen LogP contribution in [0.1, 0.15) is 21.8 Å². The molecule has 0 unspecified atom stereocenters. The summed E-state index contributed by atoms with van der Waals surface area (Å²) in [5.74, 6) is -0.352. The Hall–Kier alpha value is -3.17. The molecule has 3 aromatic rings. The van der Waals surface area contributed by atoms with Crippen molar-refractivity contribution in [2.75, 3.05) is 24.4 Å².